The van der Waals surface area contributed by atoms with Gasteiger partial charge in [0.1, 0.15) is 12.0 Å². The predicted octanol–water partition coefficient (Wildman–Crippen LogP) is 1.60. The fraction of sp³-hybridized carbons (Fsp3) is 0.471. The quantitative estimate of drug-likeness (QED) is 0.737. The zero-order valence-corrected chi connectivity index (χ0v) is 16.4. The van der Waals surface area contributed by atoms with Gasteiger partial charge in [-0.25, -0.2) is 4.98 Å². The van der Waals surface area contributed by atoms with Crippen LogP contribution in [0.4, 0.5) is 17.3 Å². The number of methoxy groups -OCH3 is 1. The molecule has 2 N–H and O–H groups in total. The third kappa shape index (κ3) is 4.52. The number of carbonyl (C=O) groups excluding carboxylic acids is 2. The predicted molar refractivity (Wildman–Crippen MR) is 102 cm³/mol. The third-order valence-electron chi connectivity index (χ3n) is 4.03. The number of hydrogen-bond acceptors (Lipinski definition) is 7. The van der Waals surface area contributed by atoms with Gasteiger partial charge in [-0.15, -0.1) is 0 Å². The van der Waals surface area contributed by atoms with Crippen molar-refractivity contribution in [1.29, 1.82) is 0 Å². The van der Waals surface area contributed by atoms with Crippen LogP contribution < -0.4 is 20.3 Å². The molecule has 0 aromatic carbocycles. The van der Waals surface area contributed by atoms with Gasteiger partial charge in [0.2, 0.25) is 5.88 Å². The van der Waals surface area contributed by atoms with Crippen LogP contribution in [0.5, 0.6) is 5.88 Å². The highest BCUT2D eigenvalue weighted by atomic mass is 16.5. The summed E-state index contributed by atoms with van der Waals surface area (Å²) in [5.74, 6) is -0.829. The lowest BCUT2D eigenvalue weighted by Gasteiger charge is -2.17. The molecule has 0 bridgehead atoms. The summed E-state index contributed by atoms with van der Waals surface area (Å²) in [5.41, 5.74) is 1.11. The van der Waals surface area contributed by atoms with E-state index in [-0.39, 0.29) is 17.6 Å². The lowest BCUT2D eigenvalue weighted by atomic mass is 10.2. The Morgan fingerprint density at radius 2 is 1.93 bits per heavy atom. The van der Waals surface area contributed by atoms with E-state index in [2.05, 4.69) is 32.6 Å². The summed E-state index contributed by atoms with van der Waals surface area (Å²) in [4.78, 5) is 34.4. The zero-order chi connectivity index (χ0) is 20.1. The highest BCUT2D eigenvalue weighted by Crippen LogP contribution is 2.29. The number of aromatic nitrogens is 4. The smallest absolute Gasteiger partial charge is 0.315 e. The molecule has 0 spiro atoms. The lowest BCUT2D eigenvalue weighted by Crippen LogP contribution is -2.30. The van der Waals surface area contributed by atoms with Crippen molar-refractivity contribution in [2.45, 2.75) is 33.2 Å². The number of amides is 2. The largest absolute Gasteiger partial charge is 0.479 e. The fourth-order valence-corrected chi connectivity index (χ4v) is 2.48. The second-order valence-corrected chi connectivity index (χ2v) is 6.26. The first-order valence-electron chi connectivity index (χ1n) is 8.53. The molecule has 2 heterocycles. The Kier molecular flexibility index (Phi) is 6.32. The average Bonchev–Trinajstić information content (AvgIpc) is 3.00. The van der Waals surface area contributed by atoms with Crippen molar-refractivity contribution in [1.82, 2.24) is 19.7 Å². The normalized spacial score (nSPS) is 11.6. The number of anilines is 3. The number of carbonyl (C=O) groups is 2. The van der Waals surface area contributed by atoms with Crippen LogP contribution in [0.15, 0.2) is 12.4 Å². The van der Waals surface area contributed by atoms with Crippen LogP contribution in [0.1, 0.15) is 32.0 Å². The van der Waals surface area contributed by atoms with Gasteiger partial charge in [-0.2, -0.15) is 10.1 Å². The molecule has 146 valence electrons. The highest BCUT2D eigenvalue weighted by Gasteiger charge is 2.22. The summed E-state index contributed by atoms with van der Waals surface area (Å²) in [6.07, 6.45) is 2.21. The highest BCUT2D eigenvalue weighted by molar-refractivity contribution is 6.43. The van der Waals surface area contributed by atoms with Gasteiger partial charge in [-0.3, -0.25) is 14.3 Å². The fourth-order valence-electron chi connectivity index (χ4n) is 2.48. The zero-order valence-electron chi connectivity index (χ0n) is 16.4. The SMILES string of the molecule is CCC(C)n1nc(NC(=O)C(=O)Nc2c(OC)ncnc2N(C)C)cc1C. The molecule has 2 aromatic heterocycles. The number of aryl methyl sites for hydroxylation is 1. The van der Waals surface area contributed by atoms with Crippen LogP contribution in [-0.2, 0) is 9.59 Å². The Morgan fingerprint density at radius 1 is 1.26 bits per heavy atom. The molecule has 1 unspecified atom stereocenters. The molecule has 10 heteroatoms. The average molecular weight is 375 g/mol. The Hall–Kier alpha value is -3.17. The molecule has 2 amide bonds. The topological polar surface area (TPSA) is 114 Å². The number of nitrogens with zero attached hydrogens (tertiary/aromatic N) is 5. The maximum absolute atomic E-state index is 12.4. The van der Waals surface area contributed by atoms with Crippen molar-refractivity contribution in [3.63, 3.8) is 0 Å². The molecule has 10 nitrogen and oxygen atoms in total. The Morgan fingerprint density at radius 3 is 2.52 bits per heavy atom. The van der Waals surface area contributed by atoms with Gasteiger partial charge in [0.05, 0.1) is 7.11 Å². The van der Waals surface area contributed by atoms with Crippen LogP contribution in [0.2, 0.25) is 0 Å². The first-order valence-corrected chi connectivity index (χ1v) is 8.53. The van der Waals surface area contributed by atoms with Crippen LogP contribution in [0, 0.1) is 6.92 Å². The van der Waals surface area contributed by atoms with Gasteiger partial charge in [0, 0.05) is 31.9 Å². The van der Waals surface area contributed by atoms with Gasteiger partial charge >= 0.3 is 11.8 Å². The van der Waals surface area contributed by atoms with Crippen molar-refractivity contribution in [3.8, 4) is 5.88 Å². The minimum Gasteiger partial charge on any atom is -0.479 e. The maximum Gasteiger partial charge on any atom is 0.315 e. The number of rotatable bonds is 6. The van der Waals surface area contributed by atoms with E-state index in [1.807, 2.05) is 18.5 Å². The van der Waals surface area contributed by atoms with E-state index in [0.29, 0.717) is 11.6 Å². The van der Waals surface area contributed by atoms with E-state index in [4.69, 9.17) is 4.74 Å². The molecule has 1 atom stereocenters. The van der Waals surface area contributed by atoms with Crippen LogP contribution >= 0.6 is 0 Å². The van der Waals surface area contributed by atoms with E-state index in [0.717, 1.165) is 12.1 Å². The van der Waals surface area contributed by atoms with Crippen molar-refractivity contribution >= 4 is 29.1 Å². The molecule has 0 radical (unpaired) electrons. The second kappa shape index (κ2) is 8.47. The monoisotopic (exact) mass is 375 g/mol. The van der Waals surface area contributed by atoms with Gasteiger partial charge in [0.25, 0.3) is 0 Å². The van der Waals surface area contributed by atoms with Crippen LogP contribution in [0.3, 0.4) is 0 Å². The molecular weight excluding hydrogens is 350 g/mol. The van der Waals surface area contributed by atoms with Gasteiger partial charge in [-0.1, -0.05) is 6.92 Å². The molecule has 0 aliphatic carbocycles. The maximum atomic E-state index is 12.4. The Labute approximate surface area is 157 Å². The number of ether oxygens (including phenoxy) is 1. The van der Waals surface area contributed by atoms with Crippen molar-refractivity contribution in [2.75, 3.05) is 36.7 Å². The molecule has 0 aliphatic rings. The Balaban J connectivity index is 2.17. The summed E-state index contributed by atoms with van der Waals surface area (Å²) in [6.45, 7) is 5.97. The third-order valence-corrected chi connectivity index (χ3v) is 4.03. The summed E-state index contributed by atoms with van der Waals surface area (Å²) in [7, 11) is 4.92. The number of nitrogens with one attached hydrogen (secondary N) is 2. The van der Waals surface area contributed by atoms with E-state index in [1.165, 1.54) is 13.4 Å². The summed E-state index contributed by atoms with van der Waals surface area (Å²) in [6, 6.07) is 1.91. The molecule has 0 saturated heterocycles. The standard InChI is InChI=1S/C17H25N7O3/c1-7-10(2)24-11(3)8-12(22-24)20-15(25)16(26)21-13-14(23(4)5)18-9-19-17(13)27-6/h8-10H,7H2,1-6H3,(H,21,26)(H,20,22,25). The van der Waals surface area contributed by atoms with Crippen molar-refractivity contribution < 1.29 is 14.3 Å². The molecule has 0 saturated carbocycles. The van der Waals surface area contributed by atoms with E-state index in [1.54, 1.807) is 25.1 Å². The summed E-state index contributed by atoms with van der Waals surface area (Å²) in [5, 5.41) is 9.36. The van der Waals surface area contributed by atoms with Gasteiger partial charge < -0.3 is 20.3 Å². The lowest BCUT2D eigenvalue weighted by molar-refractivity contribution is -0.133. The molecule has 2 rings (SSSR count). The summed E-state index contributed by atoms with van der Waals surface area (Å²) >= 11 is 0. The number of hydrogen-bond donors (Lipinski definition) is 2. The second-order valence-electron chi connectivity index (χ2n) is 6.26. The minimum atomic E-state index is -0.873. The summed E-state index contributed by atoms with van der Waals surface area (Å²) < 4.78 is 6.96. The van der Waals surface area contributed by atoms with E-state index < -0.39 is 11.8 Å². The molecule has 27 heavy (non-hydrogen) atoms. The van der Waals surface area contributed by atoms with E-state index >= 15 is 0 Å². The molecular formula is C17H25N7O3. The van der Waals surface area contributed by atoms with Gasteiger partial charge in [-0.05, 0) is 20.3 Å². The van der Waals surface area contributed by atoms with Crippen LogP contribution in [0.25, 0.3) is 0 Å². The van der Waals surface area contributed by atoms with Crippen LogP contribution in [-0.4, -0.2) is 52.8 Å². The first-order chi connectivity index (χ1) is 12.8. The Bertz CT molecular complexity index is 832. The van der Waals surface area contributed by atoms with Gasteiger partial charge in [0.15, 0.2) is 11.6 Å². The molecule has 2 aromatic rings. The van der Waals surface area contributed by atoms with Crippen molar-refractivity contribution in [2.24, 2.45) is 0 Å². The molecule has 0 aliphatic heterocycles. The minimum absolute atomic E-state index is 0.159. The first kappa shape index (κ1) is 20.1. The molecule has 0 fully saturated rings. The van der Waals surface area contributed by atoms with E-state index in [9.17, 15) is 9.59 Å². The van der Waals surface area contributed by atoms with Crippen molar-refractivity contribution in [3.05, 3.63) is 18.1 Å².